The van der Waals surface area contributed by atoms with Gasteiger partial charge in [-0.3, -0.25) is 0 Å². The molecular formula is C19H21ClO4. The predicted octanol–water partition coefficient (Wildman–Crippen LogP) is 3.35. The third-order valence-corrected chi connectivity index (χ3v) is 4.25. The molecule has 0 fully saturated rings. The molecule has 128 valence electrons. The summed E-state index contributed by atoms with van der Waals surface area (Å²) in [6.45, 7) is 2.02. The number of hydrogen-bond acceptors (Lipinski definition) is 4. The number of esters is 1. The van der Waals surface area contributed by atoms with Crippen LogP contribution in [0.4, 0.5) is 0 Å². The number of aliphatic hydroxyl groups excluding tert-OH is 1. The summed E-state index contributed by atoms with van der Waals surface area (Å²) >= 11 is 5.88. The number of benzene rings is 2. The first-order chi connectivity index (χ1) is 11.5. The predicted molar refractivity (Wildman–Crippen MR) is 92.9 cm³/mol. The van der Waals surface area contributed by atoms with Crippen LogP contribution in [-0.4, -0.2) is 30.9 Å². The molecule has 0 spiro atoms. The van der Waals surface area contributed by atoms with Crippen molar-refractivity contribution in [2.24, 2.45) is 0 Å². The molecule has 0 saturated heterocycles. The Morgan fingerprint density at radius 1 is 1.17 bits per heavy atom. The molecule has 2 atom stereocenters. The van der Waals surface area contributed by atoms with E-state index in [0.717, 1.165) is 5.56 Å². The van der Waals surface area contributed by atoms with Crippen molar-refractivity contribution < 1.29 is 19.4 Å². The Bertz CT molecular complexity index is 657. The van der Waals surface area contributed by atoms with Crippen LogP contribution in [0.25, 0.3) is 0 Å². The highest BCUT2D eigenvalue weighted by Gasteiger charge is 2.41. The molecule has 5 heteroatoms. The Morgan fingerprint density at radius 2 is 1.79 bits per heavy atom. The van der Waals surface area contributed by atoms with E-state index < -0.39 is 17.7 Å². The van der Waals surface area contributed by atoms with Crippen LogP contribution in [0.3, 0.4) is 0 Å². The first kappa shape index (κ1) is 18.5. The second kappa shape index (κ2) is 8.29. The minimum atomic E-state index is -1.42. The lowest BCUT2D eigenvalue weighted by atomic mass is 9.89. The fourth-order valence-corrected chi connectivity index (χ4v) is 2.58. The largest absolute Gasteiger partial charge is 0.467 e. The molecule has 0 aliphatic rings. The van der Waals surface area contributed by atoms with E-state index in [1.807, 2.05) is 54.6 Å². The molecule has 0 aliphatic heterocycles. The zero-order chi connectivity index (χ0) is 17.6. The number of ether oxygens (including phenoxy) is 2. The summed E-state index contributed by atoms with van der Waals surface area (Å²) in [4.78, 5) is 11.8. The zero-order valence-electron chi connectivity index (χ0n) is 13.7. The smallest absolute Gasteiger partial charge is 0.338 e. The molecule has 0 amide bonds. The van der Waals surface area contributed by atoms with Gasteiger partial charge in [0.25, 0.3) is 0 Å². The number of carbonyl (C=O) groups excluding carboxylic acids is 1. The Balaban J connectivity index is 2.14. The summed E-state index contributed by atoms with van der Waals surface area (Å²) in [7, 11) is 1.24. The van der Waals surface area contributed by atoms with Crippen molar-refractivity contribution in [3.05, 3.63) is 70.7 Å². The van der Waals surface area contributed by atoms with Gasteiger partial charge in [0, 0.05) is 5.02 Å². The van der Waals surface area contributed by atoms with Crippen LogP contribution < -0.4 is 0 Å². The van der Waals surface area contributed by atoms with Gasteiger partial charge >= 0.3 is 5.97 Å². The van der Waals surface area contributed by atoms with Crippen LogP contribution in [-0.2, 0) is 26.3 Å². The molecule has 2 aromatic rings. The van der Waals surface area contributed by atoms with Crippen LogP contribution in [0.5, 0.6) is 0 Å². The Labute approximate surface area is 147 Å². The molecule has 2 aromatic carbocycles. The van der Waals surface area contributed by atoms with E-state index >= 15 is 0 Å². The van der Waals surface area contributed by atoms with Gasteiger partial charge < -0.3 is 14.6 Å². The van der Waals surface area contributed by atoms with Crippen LogP contribution in [0.2, 0.25) is 5.02 Å². The van der Waals surface area contributed by atoms with Crippen molar-refractivity contribution in [3.63, 3.8) is 0 Å². The van der Waals surface area contributed by atoms with Gasteiger partial charge in [0.1, 0.15) is 5.60 Å². The van der Waals surface area contributed by atoms with Crippen molar-refractivity contribution >= 4 is 17.6 Å². The number of aliphatic hydroxyl groups is 1. The van der Waals surface area contributed by atoms with Gasteiger partial charge in [-0.15, -0.1) is 0 Å². The van der Waals surface area contributed by atoms with E-state index in [1.165, 1.54) is 7.11 Å². The van der Waals surface area contributed by atoms with Crippen molar-refractivity contribution in [2.75, 3.05) is 13.7 Å². The Kier molecular flexibility index (Phi) is 6.37. The standard InChI is InChI=1S/C19H21ClO4/c1-19(17(21)18(22)23-2,15-6-4-3-5-7-15)24-13-12-14-8-10-16(20)11-9-14/h3-11,17,21H,12-13H2,1-2H3/t17-,19+/m1/s1. The summed E-state index contributed by atoms with van der Waals surface area (Å²) in [5.74, 6) is -0.729. The number of methoxy groups -OCH3 is 1. The maximum atomic E-state index is 11.8. The molecule has 0 unspecified atom stereocenters. The quantitative estimate of drug-likeness (QED) is 0.780. The van der Waals surface area contributed by atoms with Crippen LogP contribution >= 0.6 is 11.6 Å². The summed E-state index contributed by atoms with van der Waals surface area (Å²) in [5.41, 5.74) is 0.571. The van der Waals surface area contributed by atoms with E-state index in [2.05, 4.69) is 4.74 Å². The third-order valence-electron chi connectivity index (χ3n) is 4.00. The maximum Gasteiger partial charge on any atom is 0.338 e. The number of halogens is 1. The number of hydrogen-bond donors (Lipinski definition) is 1. The fourth-order valence-electron chi connectivity index (χ4n) is 2.46. The van der Waals surface area contributed by atoms with Gasteiger partial charge in [0.15, 0.2) is 6.10 Å². The number of rotatable bonds is 7. The molecule has 0 heterocycles. The average Bonchev–Trinajstić information content (AvgIpc) is 2.62. The van der Waals surface area contributed by atoms with Crippen molar-refractivity contribution in [3.8, 4) is 0 Å². The van der Waals surface area contributed by atoms with E-state index in [9.17, 15) is 9.90 Å². The molecule has 0 radical (unpaired) electrons. The highest BCUT2D eigenvalue weighted by Crippen LogP contribution is 2.30. The summed E-state index contributed by atoms with van der Waals surface area (Å²) in [6, 6.07) is 16.6. The van der Waals surface area contributed by atoms with Gasteiger partial charge in [-0.05, 0) is 36.6 Å². The van der Waals surface area contributed by atoms with Crippen molar-refractivity contribution in [2.45, 2.75) is 25.0 Å². The van der Waals surface area contributed by atoms with E-state index in [0.29, 0.717) is 23.6 Å². The van der Waals surface area contributed by atoms with Crippen molar-refractivity contribution in [1.29, 1.82) is 0 Å². The molecular weight excluding hydrogens is 328 g/mol. The molecule has 2 rings (SSSR count). The molecule has 0 saturated carbocycles. The minimum absolute atomic E-state index is 0.334. The fraction of sp³-hybridized carbons (Fsp3) is 0.316. The van der Waals surface area contributed by atoms with Gasteiger partial charge in [-0.2, -0.15) is 0 Å². The second-order valence-electron chi connectivity index (χ2n) is 5.62. The average molecular weight is 349 g/mol. The number of carbonyl (C=O) groups is 1. The molecule has 4 nitrogen and oxygen atoms in total. The van der Waals surface area contributed by atoms with Crippen molar-refractivity contribution in [1.82, 2.24) is 0 Å². The topological polar surface area (TPSA) is 55.8 Å². The normalized spacial score (nSPS) is 14.7. The lowest BCUT2D eigenvalue weighted by Crippen LogP contribution is -2.45. The lowest BCUT2D eigenvalue weighted by Gasteiger charge is -2.33. The summed E-state index contributed by atoms with van der Waals surface area (Å²) < 4.78 is 10.6. The first-order valence-electron chi connectivity index (χ1n) is 7.67. The van der Waals surface area contributed by atoms with Crippen LogP contribution in [0.1, 0.15) is 18.1 Å². The van der Waals surface area contributed by atoms with Gasteiger partial charge in [0.05, 0.1) is 13.7 Å². The highest BCUT2D eigenvalue weighted by atomic mass is 35.5. The second-order valence-corrected chi connectivity index (χ2v) is 6.06. The molecule has 0 aromatic heterocycles. The van der Waals surface area contributed by atoms with E-state index in [1.54, 1.807) is 6.92 Å². The van der Waals surface area contributed by atoms with Gasteiger partial charge in [-0.25, -0.2) is 4.79 Å². The lowest BCUT2D eigenvalue weighted by molar-refractivity contribution is -0.174. The molecule has 0 aliphatic carbocycles. The Morgan fingerprint density at radius 3 is 2.38 bits per heavy atom. The molecule has 1 N–H and O–H groups in total. The summed E-state index contributed by atoms with van der Waals surface area (Å²) in [5, 5.41) is 11.1. The SMILES string of the molecule is COC(=O)[C@@H](O)[C@@](C)(OCCc1ccc(Cl)cc1)c1ccccc1. The van der Waals surface area contributed by atoms with E-state index in [4.69, 9.17) is 16.3 Å². The molecule has 24 heavy (non-hydrogen) atoms. The zero-order valence-corrected chi connectivity index (χ0v) is 14.5. The maximum absolute atomic E-state index is 11.8. The first-order valence-corrected chi connectivity index (χ1v) is 8.05. The van der Waals surface area contributed by atoms with E-state index in [-0.39, 0.29) is 0 Å². The minimum Gasteiger partial charge on any atom is -0.467 e. The Hall–Kier alpha value is -1.88. The van der Waals surface area contributed by atoms with Gasteiger partial charge in [0.2, 0.25) is 0 Å². The van der Waals surface area contributed by atoms with Gasteiger partial charge in [-0.1, -0.05) is 54.1 Å². The monoisotopic (exact) mass is 348 g/mol. The summed E-state index contributed by atoms with van der Waals surface area (Å²) in [6.07, 6.45) is -0.789. The van der Waals surface area contributed by atoms with Crippen LogP contribution in [0, 0.1) is 0 Å². The third kappa shape index (κ3) is 4.35. The highest BCUT2D eigenvalue weighted by molar-refractivity contribution is 6.30. The molecule has 0 bridgehead atoms. The van der Waals surface area contributed by atoms with Crippen LogP contribution in [0.15, 0.2) is 54.6 Å².